The molecule has 2 aliphatic carbocycles. The number of benzene rings is 1. The van der Waals surface area contributed by atoms with Crippen LogP contribution in [-0.4, -0.2) is 60.1 Å². The molecule has 0 saturated heterocycles. The van der Waals surface area contributed by atoms with E-state index in [0.29, 0.717) is 29.7 Å². The standard InChI is InChI=1S/C34H40N10O2/c1-43-22-26(21-39-43)24-11-16-31(36-19-24)44(34(46)38-18-23-7-3-2-4-8-23)28-14-12-27(13-15-28)40-33-37-20-25(17-35)32(42-33)41-29-9-5-6-10-30(29)45/h2-4,7-8,11,16,19-22,27-30,45H,5-6,9-10,12-15,18H2,1H3,(H,38,46)(H2,37,40,41,42)/t27-,28-,29?,30?. The van der Waals surface area contributed by atoms with E-state index >= 15 is 0 Å². The number of aliphatic hydroxyl groups excluding tert-OH is 1. The molecule has 3 heterocycles. The van der Waals surface area contributed by atoms with Gasteiger partial charge in [-0.1, -0.05) is 43.2 Å². The first-order valence-corrected chi connectivity index (χ1v) is 16.0. The van der Waals surface area contributed by atoms with E-state index in [1.54, 1.807) is 22.0 Å². The highest BCUT2D eigenvalue weighted by Gasteiger charge is 2.31. The van der Waals surface area contributed by atoms with E-state index in [1.165, 1.54) is 6.20 Å². The molecule has 12 nitrogen and oxygen atoms in total. The van der Waals surface area contributed by atoms with Gasteiger partial charge in [-0.25, -0.2) is 14.8 Å². The van der Waals surface area contributed by atoms with Crippen LogP contribution in [0.3, 0.4) is 0 Å². The lowest BCUT2D eigenvalue weighted by atomic mass is 9.90. The first-order valence-electron chi connectivity index (χ1n) is 16.0. The number of carbonyl (C=O) groups is 1. The first kappa shape index (κ1) is 31.0. The summed E-state index contributed by atoms with van der Waals surface area (Å²) in [6.07, 6.45) is 13.3. The lowest BCUT2D eigenvalue weighted by molar-refractivity contribution is 0.116. The van der Waals surface area contributed by atoms with Crippen molar-refractivity contribution < 1.29 is 9.90 Å². The minimum Gasteiger partial charge on any atom is -0.391 e. The average Bonchev–Trinajstić information content (AvgIpc) is 3.53. The molecule has 2 aliphatic rings. The first-order chi connectivity index (χ1) is 22.5. The van der Waals surface area contributed by atoms with Gasteiger partial charge in [0.15, 0.2) is 0 Å². The summed E-state index contributed by atoms with van der Waals surface area (Å²) in [7, 11) is 1.88. The van der Waals surface area contributed by atoms with E-state index in [1.807, 2.05) is 55.7 Å². The number of aliphatic hydroxyl groups is 1. The van der Waals surface area contributed by atoms with Gasteiger partial charge in [-0.05, 0) is 56.2 Å². The van der Waals surface area contributed by atoms with Gasteiger partial charge < -0.3 is 21.1 Å². The van der Waals surface area contributed by atoms with Crippen molar-refractivity contribution in [3.8, 4) is 17.2 Å². The second-order valence-electron chi connectivity index (χ2n) is 12.1. The number of pyridine rings is 1. The molecular weight excluding hydrogens is 580 g/mol. The van der Waals surface area contributed by atoms with Crippen molar-refractivity contribution in [2.45, 2.75) is 82.1 Å². The summed E-state index contributed by atoms with van der Waals surface area (Å²) < 4.78 is 1.75. The third kappa shape index (κ3) is 7.43. The maximum Gasteiger partial charge on any atom is 0.323 e. The van der Waals surface area contributed by atoms with E-state index in [2.05, 4.69) is 37.1 Å². The smallest absolute Gasteiger partial charge is 0.323 e. The summed E-state index contributed by atoms with van der Waals surface area (Å²) in [6, 6.07) is 15.6. The molecule has 0 bridgehead atoms. The van der Waals surface area contributed by atoms with Crippen molar-refractivity contribution in [1.82, 2.24) is 30.0 Å². The Bertz CT molecular complexity index is 1640. The number of nitrogens with one attached hydrogen (secondary N) is 3. The number of rotatable bonds is 9. The maximum absolute atomic E-state index is 13.7. The second kappa shape index (κ2) is 14.4. The SMILES string of the molecule is Cn1cc(-c2ccc(N(C(=O)NCc3ccccc3)[C@H]3CC[C@H](Nc4ncc(C#N)c(NC5CCCCC5O)n4)CC3)nc2)cn1. The Hall–Kier alpha value is -5.02. The van der Waals surface area contributed by atoms with E-state index in [9.17, 15) is 15.2 Å². The van der Waals surface area contributed by atoms with Gasteiger partial charge in [0, 0.05) is 49.2 Å². The molecule has 2 unspecified atom stereocenters. The molecular formula is C34H40N10O2. The van der Waals surface area contributed by atoms with Crippen LogP contribution in [0.15, 0.2) is 67.3 Å². The number of aromatic nitrogens is 5. The Morgan fingerprint density at radius 2 is 1.78 bits per heavy atom. The number of nitriles is 1. The molecule has 4 N–H and O–H groups in total. The summed E-state index contributed by atoms with van der Waals surface area (Å²) >= 11 is 0. The monoisotopic (exact) mass is 620 g/mol. The lowest BCUT2D eigenvalue weighted by Gasteiger charge is -2.36. The second-order valence-corrected chi connectivity index (χ2v) is 12.1. The fourth-order valence-corrected chi connectivity index (χ4v) is 6.34. The van der Waals surface area contributed by atoms with E-state index < -0.39 is 6.10 Å². The predicted octanol–water partition coefficient (Wildman–Crippen LogP) is 5.00. The highest BCUT2D eigenvalue weighted by atomic mass is 16.3. The molecule has 2 amide bonds. The quantitative estimate of drug-likeness (QED) is 0.202. The fourth-order valence-electron chi connectivity index (χ4n) is 6.34. The van der Waals surface area contributed by atoms with Gasteiger partial charge in [0.1, 0.15) is 23.3 Å². The van der Waals surface area contributed by atoms with Gasteiger partial charge in [-0.2, -0.15) is 15.3 Å². The maximum atomic E-state index is 13.7. The molecule has 12 heteroatoms. The number of carbonyl (C=O) groups excluding carboxylic acids is 1. The van der Waals surface area contributed by atoms with Gasteiger partial charge >= 0.3 is 6.03 Å². The Kier molecular flexibility index (Phi) is 9.69. The van der Waals surface area contributed by atoms with Crippen molar-refractivity contribution in [2.24, 2.45) is 7.05 Å². The third-order valence-corrected chi connectivity index (χ3v) is 8.89. The summed E-state index contributed by atoms with van der Waals surface area (Å²) in [5, 5.41) is 34.1. The highest BCUT2D eigenvalue weighted by Crippen LogP contribution is 2.30. The topological polar surface area (TPSA) is 157 Å². The Morgan fingerprint density at radius 3 is 2.48 bits per heavy atom. The average molecular weight is 621 g/mol. The molecule has 4 aromatic rings. The van der Waals surface area contributed by atoms with Crippen LogP contribution in [0.1, 0.15) is 62.5 Å². The fraction of sp³-hybridized carbons (Fsp3) is 0.412. The molecule has 0 aliphatic heterocycles. The van der Waals surface area contributed by atoms with Crippen molar-refractivity contribution in [2.75, 3.05) is 15.5 Å². The molecule has 3 aromatic heterocycles. The molecule has 0 spiro atoms. The van der Waals surface area contributed by atoms with E-state index in [4.69, 9.17) is 4.98 Å². The summed E-state index contributed by atoms with van der Waals surface area (Å²) in [4.78, 5) is 29.2. The number of aryl methyl sites for hydroxylation is 1. The predicted molar refractivity (Wildman–Crippen MR) is 176 cm³/mol. The third-order valence-electron chi connectivity index (χ3n) is 8.89. The number of anilines is 3. The van der Waals surface area contributed by atoms with Crippen LogP contribution in [0.4, 0.5) is 22.4 Å². The summed E-state index contributed by atoms with van der Waals surface area (Å²) in [5.41, 5.74) is 3.28. The molecule has 0 radical (unpaired) electrons. The molecule has 238 valence electrons. The lowest BCUT2D eigenvalue weighted by Crippen LogP contribution is -2.49. The highest BCUT2D eigenvalue weighted by molar-refractivity contribution is 5.91. The normalized spacial score (nSPS) is 21.2. The number of nitrogens with zero attached hydrogens (tertiary/aromatic N) is 7. The number of hydrogen-bond donors (Lipinski definition) is 4. The zero-order chi connectivity index (χ0) is 31.9. The van der Waals surface area contributed by atoms with Crippen molar-refractivity contribution in [3.63, 3.8) is 0 Å². The molecule has 2 atom stereocenters. The van der Waals surface area contributed by atoms with Gasteiger partial charge in [0.25, 0.3) is 0 Å². The van der Waals surface area contributed by atoms with Crippen LogP contribution in [-0.2, 0) is 13.6 Å². The number of hydrogen-bond acceptors (Lipinski definition) is 9. The number of urea groups is 1. The minimum absolute atomic E-state index is 0.0440. The van der Waals surface area contributed by atoms with E-state index in [0.717, 1.165) is 68.1 Å². The number of amides is 2. The van der Waals surface area contributed by atoms with Gasteiger partial charge in [0.05, 0.1) is 24.5 Å². The minimum atomic E-state index is -0.462. The zero-order valence-corrected chi connectivity index (χ0v) is 26.0. The Morgan fingerprint density at radius 1 is 0.978 bits per heavy atom. The molecule has 1 aromatic carbocycles. The van der Waals surface area contributed by atoms with Crippen LogP contribution in [0, 0.1) is 11.3 Å². The molecule has 46 heavy (non-hydrogen) atoms. The van der Waals surface area contributed by atoms with E-state index in [-0.39, 0.29) is 24.2 Å². The van der Waals surface area contributed by atoms with Crippen LogP contribution in [0.5, 0.6) is 0 Å². The summed E-state index contributed by atoms with van der Waals surface area (Å²) in [5.74, 6) is 1.49. The summed E-state index contributed by atoms with van der Waals surface area (Å²) in [6.45, 7) is 0.422. The Balaban J connectivity index is 1.13. The zero-order valence-electron chi connectivity index (χ0n) is 26.0. The van der Waals surface area contributed by atoms with Gasteiger partial charge in [-0.15, -0.1) is 0 Å². The largest absolute Gasteiger partial charge is 0.391 e. The molecule has 6 rings (SSSR count). The molecule has 2 fully saturated rings. The van der Waals surface area contributed by atoms with Crippen molar-refractivity contribution >= 4 is 23.6 Å². The van der Waals surface area contributed by atoms with Crippen molar-refractivity contribution in [1.29, 1.82) is 5.26 Å². The van der Waals surface area contributed by atoms with Crippen LogP contribution in [0.2, 0.25) is 0 Å². The Labute approximate surface area is 268 Å². The van der Waals surface area contributed by atoms with Crippen LogP contribution < -0.4 is 20.9 Å². The van der Waals surface area contributed by atoms with Crippen molar-refractivity contribution in [3.05, 3.63) is 78.4 Å². The van der Waals surface area contributed by atoms with Gasteiger partial charge in [-0.3, -0.25) is 9.58 Å². The molecule has 2 saturated carbocycles. The van der Waals surface area contributed by atoms with Crippen LogP contribution >= 0.6 is 0 Å². The van der Waals surface area contributed by atoms with Gasteiger partial charge in [0.2, 0.25) is 5.95 Å². The van der Waals surface area contributed by atoms with Crippen LogP contribution in [0.25, 0.3) is 11.1 Å².